The first-order valence-electron chi connectivity index (χ1n) is 6.51. The number of hydrogen-bond donors (Lipinski definition) is 1. The zero-order valence-corrected chi connectivity index (χ0v) is 11.0. The van der Waals surface area contributed by atoms with Gasteiger partial charge in [0, 0.05) is 0 Å². The minimum Gasteiger partial charge on any atom is -0.317 e. The molecule has 1 nitrogen and oxygen atoms in total. The van der Waals surface area contributed by atoms with Crippen molar-refractivity contribution in [1.82, 2.24) is 5.32 Å². The molecule has 16 heavy (non-hydrogen) atoms. The van der Waals surface area contributed by atoms with Gasteiger partial charge in [0.25, 0.3) is 0 Å². The minimum absolute atomic E-state index is 1.09. The average molecular weight is 219 g/mol. The molecule has 0 heterocycles. The van der Waals surface area contributed by atoms with E-state index in [0.717, 1.165) is 6.54 Å². The smallest absolute Gasteiger partial charge is 0.00490 e. The van der Waals surface area contributed by atoms with Crippen LogP contribution in [0.3, 0.4) is 0 Å². The summed E-state index contributed by atoms with van der Waals surface area (Å²) in [6.07, 6.45) is 5.19. The quantitative estimate of drug-likeness (QED) is 0.691. The van der Waals surface area contributed by atoms with E-state index in [1.54, 1.807) is 0 Å². The largest absolute Gasteiger partial charge is 0.317 e. The fourth-order valence-electron chi connectivity index (χ4n) is 2.05. The molecule has 0 radical (unpaired) electrons. The monoisotopic (exact) mass is 219 g/mol. The molecule has 90 valence electrons. The van der Waals surface area contributed by atoms with Crippen LogP contribution >= 0.6 is 0 Å². The van der Waals surface area contributed by atoms with Crippen LogP contribution in [0, 0.1) is 13.8 Å². The number of nitrogens with one attached hydrogen (secondary N) is 1. The molecule has 0 saturated heterocycles. The van der Waals surface area contributed by atoms with Crippen LogP contribution in [0.5, 0.6) is 0 Å². The van der Waals surface area contributed by atoms with Crippen LogP contribution in [0.1, 0.15) is 42.9 Å². The van der Waals surface area contributed by atoms with Crippen molar-refractivity contribution < 1.29 is 0 Å². The second-order valence-corrected chi connectivity index (χ2v) is 4.59. The average Bonchev–Trinajstić information content (AvgIpc) is 2.26. The first-order valence-corrected chi connectivity index (χ1v) is 6.51. The van der Waals surface area contributed by atoms with Crippen molar-refractivity contribution in [3.8, 4) is 0 Å². The Hall–Kier alpha value is -0.820. The lowest BCUT2D eigenvalue weighted by atomic mass is 10.0. The van der Waals surface area contributed by atoms with E-state index in [-0.39, 0.29) is 0 Å². The fraction of sp³-hybridized carbons (Fsp3) is 0.600. The van der Waals surface area contributed by atoms with Gasteiger partial charge < -0.3 is 5.32 Å². The maximum absolute atomic E-state index is 3.37. The molecule has 0 unspecified atom stereocenters. The highest BCUT2D eigenvalue weighted by Crippen LogP contribution is 2.13. The lowest BCUT2D eigenvalue weighted by Gasteiger charge is -2.07. The normalized spacial score (nSPS) is 10.7. The van der Waals surface area contributed by atoms with Gasteiger partial charge in [-0.15, -0.1) is 0 Å². The molecule has 1 N–H and O–H groups in total. The van der Waals surface area contributed by atoms with E-state index in [1.807, 2.05) is 0 Å². The third kappa shape index (κ3) is 4.80. The Balaban J connectivity index is 2.21. The molecule has 0 aliphatic heterocycles. The van der Waals surface area contributed by atoms with Crippen LogP contribution in [-0.4, -0.2) is 13.1 Å². The first-order chi connectivity index (χ1) is 7.74. The number of aryl methyl sites for hydroxylation is 3. The van der Waals surface area contributed by atoms with E-state index in [4.69, 9.17) is 0 Å². The Labute approximate surface area is 100 Å². The summed E-state index contributed by atoms with van der Waals surface area (Å²) in [5.74, 6) is 0. The predicted octanol–water partition coefficient (Wildman–Crippen LogP) is 3.63. The topological polar surface area (TPSA) is 12.0 Å². The fourth-order valence-corrected chi connectivity index (χ4v) is 2.05. The van der Waals surface area contributed by atoms with Gasteiger partial charge in [-0.05, 0) is 57.3 Å². The number of hydrogen-bond acceptors (Lipinski definition) is 1. The highest BCUT2D eigenvalue weighted by molar-refractivity contribution is 5.30. The molecule has 0 aliphatic carbocycles. The molecule has 1 heteroatoms. The molecule has 0 bridgehead atoms. The van der Waals surface area contributed by atoms with E-state index < -0.39 is 0 Å². The Morgan fingerprint density at radius 2 is 1.88 bits per heavy atom. The van der Waals surface area contributed by atoms with Crippen LogP contribution in [0.2, 0.25) is 0 Å². The zero-order chi connectivity index (χ0) is 11.8. The second-order valence-electron chi connectivity index (χ2n) is 4.59. The maximum atomic E-state index is 3.37. The lowest BCUT2D eigenvalue weighted by Crippen LogP contribution is -2.13. The molecular weight excluding hydrogens is 194 g/mol. The Morgan fingerprint density at radius 3 is 2.56 bits per heavy atom. The van der Waals surface area contributed by atoms with Crippen molar-refractivity contribution in [2.24, 2.45) is 0 Å². The summed E-state index contributed by atoms with van der Waals surface area (Å²) in [4.78, 5) is 0. The Morgan fingerprint density at radius 1 is 1.06 bits per heavy atom. The van der Waals surface area contributed by atoms with Gasteiger partial charge in [0.1, 0.15) is 0 Å². The SMILES string of the molecule is CCNCCCCCc1ccc(C)cc1C. The number of unbranched alkanes of at least 4 members (excludes halogenated alkanes) is 2. The summed E-state index contributed by atoms with van der Waals surface area (Å²) >= 11 is 0. The summed E-state index contributed by atoms with van der Waals surface area (Å²) in [6.45, 7) is 8.81. The van der Waals surface area contributed by atoms with Gasteiger partial charge >= 0.3 is 0 Å². The Bertz CT molecular complexity index is 304. The zero-order valence-electron chi connectivity index (χ0n) is 11.0. The van der Waals surface area contributed by atoms with Crippen molar-refractivity contribution in [2.45, 2.75) is 46.5 Å². The molecule has 0 saturated carbocycles. The molecule has 1 rings (SSSR count). The van der Waals surface area contributed by atoms with Crippen molar-refractivity contribution in [1.29, 1.82) is 0 Å². The van der Waals surface area contributed by atoms with Crippen LogP contribution in [0.15, 0.2) is 18.2 Å². The van der Waals surface area contributed by atoms with E-state index in [2.05, 4.69) is 44.3 Å². The summed E-state index contributed by atoms with van der Waals surface area (Å²) in [5, 5.41) is 3.37. The van der Waals surface area contributed by atoms with Gasteiger partial charge in [0.2, 0.25) is 0 Å². The lowest BCUT2D eigenvalue weighted by molar-refractivity contribution is 0.616. The van der Waals surface area contributed by atoms with E-state index >= 15 is 0 Å². The van der Waals surface area contributed by atoms with E-state index in [0.29, 0.717) is 0 Å². The molecule has 0 aromatic heterocycles. The number of benzene rings is 1. The van der Waals surface area contributed by atoms with Crippen molar-refractivity contribution in [2.75, 3.05) is 13.1 Å². The maximum Gasteiger partial charge on any atom is -0.00490 e. The summed E-state index contributed by atoms with van der Waals surface area (Å²) in [6, 6.07) is 6.80. The van der Waals surface area contributed by atoms with Gasteiger partial charge in [0.05, 0.1) is 0 Å². The molecule has 0 spiro atoms. The number of rotatable bonds is 7. The predicted molar refractivity (Wildman–Crippen MR) is 72.0 cm³/mol. The van der Waals surface area contributed by atoms with E-state index in [9.17, 15) is 0 Å². The molecule has 0 aliphatic rings. The molecule has 0 atom stereocenters. The summed E-state index contributed by atoms with van der Waals surface area (Å²) in [7, 11) is 0. The van der Waals surface area contributed by atoms with Crippen molar-refractivity contribution in [3.05, 3.63) is 34.9 Å². The second kappa shape index (κ2) is 7.45. The summed E-state index contributed by atoms with van der Waals surface area (Å²) in [5.41, 5.74) is 4.34. The molecule has 1 aromatic rings. The molecule has 1 aromatic carbocycles. The minimum atomic E-state index is 1.09. The van der Waals surface area contributed by atoms with Gasteiger partial charge in [-0.1, -0.05) is 37.1 Å². The van der Waals surface area contributed by atoms with Crippen LogP contribution in [0.4, 0.5) is 0 Å². The standard InChI is InChI=1S/C15H25N/c1-4-16-11-7-5-6-8-15-10-9-13(2)12-14(15)3/h9-10,12,16H,4-8,11H2,1-3H3. The van der Waals surface area contributed by atoms with Crippen LogP contribution in [0.25, 0.3) is 0 Å². The Kier molecular flexibility index (Phi) is 6.17. The first kappa shape index (κ1) is 13.2. The van der Waals surface area contributed by atoms with Crippen molar-refractivity contribution >= 4 is 0 Å². The molecule has 0 amide bonds. The molecule has 0 fully saturated rings. The van der Waals surface area contributed by atoms with E-state index in [1.165, 1.54) is 48.9 Å². The van der Waals surface area contributed by atoms with Gasteiger partial charge in [-0.2, -0.15) is 0 Å². The van der Waals surface area contributed by atoms with Crippen LogP contribution in [-0.2, 0) is 6.42 Å². The van der Waals surface area contributed by atoms with Gasteiger partial charge in [0.15, 0.2) is 0 Å². The third-order valence-electron chi connectivity index (χ3n) is 3.05. The van der Waals surface area contributed by atoms with Crippen molar-refractivity contribution in [3.63, 3.8) is 0 Å². The van der Waals surface area contributed by atoms with Gasteiger partial charge in [-0.25, -0.2) is 0 Å². The highest BCUT2D eigenvalue weighted by atomic mass is 14.8. The van der Waals surface area contributed by atoms with Gasteiger partial charge in [-0.3, -0.25) is 0 Å². The van der Waals surface area contributed by atoms with Crippen LogP contribution < -0.4 is 5.32 Å². The summed E-state index contributed by atoms with van der Waals surface area (Å²) < 4.78 is 0. The highest BCUT2D eigenvalue weighted by Gasteiger charge is 1.98. The molecular formula is C15H25N. The third-order valence-corrected chi connectivity index (χ3v) is 3.05.